The predicted molar refractivity (Wildman–Crippen MR) is 59.9 cm³/mol. The summed E-state index contributed by atoms with van der Waals surface area (Å²) in [4.78, 5) is 15.4. The highest BCUT2D eigenvalue weighted by atomic mass is 16.1. The molecule has 1 aromatic carbocycles. The van der Waals surface area contributed by atoms with Gasteiger partial charge in [0.05, 0.1) is 11.3 Å². The third-order valence-corrected chi connectivity index (χ3v) is 3.21. The summed E-state index contributed by atoms with van der Waals surface area (Å²) < 4.78 is 0. The molecule has 3 nitrogen and oxygen atoms in total. The van der Waals surface area contributed by atoms with Crippen LogP contribution in [0.1, 0.15) is 40.7 Å². The normalized spacial score (nSPS) is 22.2. The van der Waals surface area contributed by atoms with E-state index in [1.165, 1.54) is 5.56 Å². The number of hydrogen-bond donors (Lipinski definition) is 1. The monoisotopic (exact) mass is 200 g/mol. The summed E-state index contributed by atoms with van der Waals surface area (Å²) in [6.07, 6.45) is 2.78. The minimum Gasteiger partial charge on any atom is -0.384 e. The number of carbonyl (C=O) groups excluding carboxylic acids is 1. The Kier molecular flexibility index (Phi) is 1.69. The Morgan fingerprint density at radius 2 is 2.33 bits per heavy atom. The number of rotatable bonds is 0. The largest absolute Gasteiger partial charge is 0.384 e. The summed E-state index contributed by atoms with van der Waals surface area (Å²) in [5.74, 6) is 0.420. The summed E-state index contributed by atoms with van der Waals surface area (Å²) in [5, 5.41) is 3.32. The smallest absolute Gasteiger partial charge is 0.279 e. The maximum Gasteiger partial charge on any atom is 0.279 e. The number of hydrogen-bond acceptors (Lipinski definition) is 2. The molecule has 2 aliphatic heterocycles. The van der Waals surface area contributed by atoms with Crippen molar-refractivity contribution < 1.29 is 4.79 Å². The van der Waals surface area contributed by atoms with Gasteiger partial charge in [0.25, 0.3) is 5.91 Å². The molecule has 76 valence electrons. The van der Waals surface area contributed by atoms with Crippen molar-refractivity contribution in [3.63, 3.8) is 0 Å². The first-order valence-corrected chi connectivity index (χ1v) is 5.26. The molecule has 15 heavy (non-hydrogen) atoms. The standard InChI is InChI=1S/C12H12N2O/c1-7-4-5-13-11-9(7)3-2-8-6-14-12(15)10(8)11/h2-3,6-7,13H,4-5H2,1H3. The van der Waals surface area contributed by atoms with E-state index < -0.39 is 0 Å². The SMILES string of the molecule is CC1CCNc2c1ccc1c2C(=O)N=C1. The second-order valence-electron chi connectivity index (χ2n) is 4.17. The molecule has 3 rings (SSSR count). The molecule has 0 spiro atoms. The molecular formula is C12H12N2O. The van der Waals surface area contributed by atoms with Crippen LogP contribution in [-0.2, 0) is 0 Å². The van der Waals surface area contributed by atoms with Crippen molar-refractivity contribution in [2.24, 2.45) is 4.99 Å². The lowest BCUT2D eigenvalue weighted by Crippen LogP contribution is -2.17. The van der Waals surface area contributed by atoms with Gasteiger partial charge in [-0.05, 0) is 17.9 Å². The minimum atomic E-state index is -0.108. The number of nitrogens with zero attached hydrogens (tertiary/aromatic N) is 1. The zero-order chi connectivity index (χ0) is 10.4. The number of amides is 1. The van der Waals surface area contributed by atoms with Crippen LogP contribution in [-0.4, -0.2) is 18.7 Å². The highest BCUT2D eigenvalue weighted by Crippen LogP contribution is 2.36. The molecule has 3 heteroatoms. The van der Waals surface area contributed by atoms with Crippen LogP contribution in [0.5, 0.6) is 0 Å². The second kappa shape index (κ2) is 2.92. The van der Waals surface area contributed by atoms with E-state index in [-0.39, 0.29) is 5.91 Å². The third kappa shape index (κ3) is 1.12. The first-order valence-electron chi connectivity index (χ1n) is 5.26. The van der Waals surface area contributed by atoms with Crippen LogP contribution in [0.2, 0.25) is 0 Å². The van der Waals surface area contributed by atoms with E-state index in [1.807, 2.05) is 6.07 Å². The molecule has 1 unspecified atom stereocenters. The van der Waals surface area contributed by atoms with Gasteiger partial charge in [-0.25, -0.2) is 4.99 Å². The van der Waals surface area contributed by atoms with Gasteiger partial charge in [-0.15, -0.1) is 0 Å². The summed E-state index contributed by atoms with van der Waals surface area (Å²) in [7, 11) is 0. The van der Waals surface area contributed by atoms with E-state index >= 15 is 0 Å². The Labute approximate surface area is 88.2 Å². The van der Waals surface area contributed by atoms with E-state index in [2.05, 4.69) is 23.3 Å². The van der Waals surface area contributed by atoms with Gasteiger partial charge in [0, 0.05) is 18.3 Å². The molecule has 0 aromatic heterocycles. The number of benzene rings is 1. The molecule has 0 radical (unpaired) electrons. The fraction of sp³-hybridized carbons (Fsp3) is 0.333. The van der Waals surface area contributed by atoms with E-state index in [4.69, 9.17) is 0 Å². The Hall–Kier alpha value is -1.64. The molecule has 0 saturated heterocycles. The van der Waals surface area contributed by atoms with E-state index in [0.717, 1.165) is 29.8 Å². The first-order chi connectivity index (χ1) is 7.27. The Balaban J connectivity index is 2.25. The van der Waals surface area contributed by atoms with Crippen molar-refractivity contribution >= 4 is 17.8 Å². The van der Waals surface area contributed by atoms with Gasteiger partial charge in [0.1, 0.15) is 0 Å². The van der Waals surface area contributed by atoms with Gasteiger partial charge in [-0.2, -0.15) is 0 Å². The maximum absolute atomic E-state index is 11.6. The topological polar surface area (TPSA) is 41.5 Å². The Bertz CT molecular complexity index is 477. The van der Waals surface area contributed by atoms with Crippen molar-refractivity contribution in [1.82, 2.24) is 0 Å². The molecule has 2 heterocycles. The lowest BCUT2D eigenvalue weighted by molar-refractivity contribution is 0.101. The lowest BCUT2D eigenvalue weighted by atomic mass is 9.89. The molecular weight excluding hydrogens is 188 g/mol. The molecule has 2 aliphatic rings. The van der Waals surface area contributed by atoms with Crippen molar-refractivity contribution in [3.8, 4) is 0 Å². The van der Waals surface area contributed by atoms with Gasteiger partial charge < -0.3 is 5.32 Å². The first kappa shape index (κ1) is 8.65. The zero-order valence-electron chi connectivity index (χ0n) is 8.58. The number of carbonyl (C=O) groups is 1. The van der Waals surface area contributed by atoms with Crippen LogP contribution >= 0.6 is 0 Å². The predicted octanol–water partition coefficient (Wildman–Crippen LogP) is 2.18. The zero-order valence-corrected chi connectivity index (χ0v) is 8.58. The van der Waals surface area contributed by atoms with Crippen molar-refractivity contribution in [2.75, 3.05) is 11.9 Å². The average Bonchev–Trinajstić information content (AvgIpc) is 2.61. The quantitative estimate of drug-likeness (QED) is 0.697. The fourth-order valence-corrected chi connectivity index (χ4v) is 2.34. The Morgan fingerprint density at radius 3 is 3.20 bits per heavy atom. The number of anilines is 1. The van der Waals surface area contributed by atoms with Crippen molar-refractivity contribution in [2.45, 2.75) is 19.3 Å². The number of fused-ring (bicyclic) bond motifs is 3. The second-order valence-corrected chi connectivity index (χ2v) is 4.17. The van der Waals surface area contributed by atoms with E-state index in [9.17, 15) is 4.79 Å². The van der Waals surface area contributed by atoms with Crippen molar-refractivity contribution in [1.29, 1.82) is 0 Å². The highest BCUT2D eigenvalue weighted by molar-refractivity contribution is 6.16. The minimum absolute atomic E-state index is 0.108. The molecule has 0 aliphatic carbocycles. The van der Waals surface area contributed by atoms with Gasteiger partial charge in [0.15, 0.2) is 0 Å². The van der Waals surface area contributed by atoms with Gasteiger partial charge in [-0.3, -0.25) is 4.79 Å². The summed E-state index contributed by atoms with van der Waals surface area (Å²) in [6.45, 7) is 3.14. The molecule has 1 amide bonds. The molecule has 1 aromatic rings. The van der Waals surface area contributed by atoms with Crippen LogP contribution in [0.15, 0.2) is 17.1 Å². The summed E-state index contributed by atoms with van der Waals surface area (Å²) >= 11 is 0. The Morgan fingerprint density at radius 1 is 1.47 bits per heavy atom. The molecule has 0 bridgehead atoms. The highest BCUT2D eigenvalue weighted by Gasteiger charge is 2.26. The number of nitrogens with one attached hydrogen (secondary N) is 1. The maximum atomic E-state index is 11.6. The molecule has 0 saturated carbocycles. The van der Waals surface area contributed by atoms with E-state index in [1.54, 1.807) is 6.21 Å². The molecule has 1 atom stereocenters. The summed E-state index contributed by atoms with van der Waals surface area (Å²) in [6, 6.07) is 4.10. The third-order valence-electron chi connectivity index (χ3n) is 3.21. The van der Waals surface area contributed by atoms with Gasteiger partial charge >= 0.3 is 0 Å². The van der Waals surface area contributed by atoms with E-state index in [0.29, 0.717) is 5.92 Å². The van der Waals surface area contributed by atoms with Crippen LogP contribution in [0.3, 0.4) is 0 Å². The van der Waals surface area contributed by atoms with Crippen LogP contribution in [0.4, 0.5) is 5.69 Å². The fourth-order valence-electron chi connectivity index (χ4n) is 2.34. The molecule has 0 fully saturated rings. The average molecular weight is 200 g/mol. The molecule has 1 N–H and O–H groups in total. The van der Waals surface area contributed by atoms with Crippen LogP contribution in [0, 0.1) is 0 Å². The lowest BCUT2D eigenvalue weighted by Gasteiger charge is -2.25. The van der Waals surface area contributed by atoms with Crippen LogP contribution in [0.25, 0.3) is 0 Å². The van der Waals surface area contributed by atoms with Crippen molar-refractivity contribution in [3.05, 3.63) is 28.8 Å². The summed E-state index contributed by atoms with van der Waals surface area (Å²) in [5.41, 5.74) is 3.96. The van der Waals surface area contributed by atoms with Crippen LogP contribution < -0.4 is 5.32 Å². The number of aliphatic imine (C=N–C) groups is 1. The van der Waals surface area contributed by atoms with Gasteiger partial charge in [0.2, 0.25) is 0 Å². The van der Waals surface area contributed by atoms with Gasteiger partial charge in [-0.1, -0.05) is 19.1 Å².